The number of benzene rings is 2. The van der Waals surface area contributed by atoms with E-state index < -0.39 is 11.5 Å². The number of aromatic nitrogens is 4. The topological polar surface area (TPSA) is 137 Å². The summed E-state index contributed by atoms with van der Waals surface area (Å²) in [6.45, 7) is 1.18. The maximum absolute atomic E-state index is 13.1. The first-order chi connectivity index (χ1) is 20.4. The van der Waals surface area contributed by atoms with Crippen LogP contribution in [-0.4, -0.2) is 56.3 Å². The number of carbonyl (C=O) groups excluding carboxylic acids is 2. The fourth-order valence-corrected chi connectivity index (χ4v) is 5.48. The molecule has 1 saturated heterocycles. The summed E-state index contributed by atoms with van der Waals surface area (Å²) in [5.74, 6) is 0.0331. The van der Waals surface area contributed by atoms with E-state index in [1.165, 1.54) is 24.1 Å². The molecule has 0 bridgehead atoms. The molecule has 2 amide bonds. The molecule has 1 fully saturated rings. The van der Waals surface area contributed by atoms with Crippen LogP contribution in [0, 0.1) is 0 Å². The molecule has 0 spiro atoms. The Labute approximate surface area is 241 Å². The van der Waals surface area contributed by atoms with Gasteiger partial charge < -0.3 is 20.7 Å². The van der Waals surface area contributed by atoms with E-state index in [1.54, 1.807) is 29.3 Å². The Kier molecular flexibility index (Phi) is 7.14. The SMILES string of the molecule is COC(=O)N1CCC(c2cc(-c3ccc(NC(=O)c4cccn(-c5ccccc5)c4=O)cc3)c3c(N)ncnn23)CC1. The first kappa shape index (κ1) is 26.8. The van der Waals surface area contributed by atoms with E-state index in [4.69, 9.17) is 10.5 Å². The lowest BCUT2D eigenvalue weighted by Gasteiger charge is -2.30. The summed E-state index contributed by atoms with van der Waals surface area (Å²) in [5.41, 5.74) is 10.6. The van der Waals surface area contributed by atoms with E-state index in [-0.39, 0.29) is 17.6 Å². The van der Waals surface area contributed by atoms with Gasteiger partial charge in [0.15, 0.2) is 5.82 Å². The highest BCUT2D eigenvalue weighted by Gasteiger charge is 2.28. The number of nitrogens with two attached hydrogens (primary N) is 1. The van der Waals surface area contributed by atoms with Crippen LogP contribution in [0.25, 0.3) is 22.3 Å². The summed E-state index contributed by atoms with van der Waals surface area (Å²) in [5, 5.41) is 7.32. The van der Waals surface area contributed by atoms with Crippen molar-refractivity contribution in [3.05, 3.63) is 107 Å². The molecule has 3 N–H and O–H groups in total. The van der Waals surface area contributed by atoms with Crippen LogP contribution >= 0.6 is 0 Å². The summed E-state index contributed by atoms with van der Waals surface area (Å²) in [6, 6.07) is 21.7. The Hall–Kier alpha value is -5.45. The van der Waals surface area contributed by atoms with Crippen LogP contribution in [-0.2, 0) is 4.74 Å². The molecule has 4 heterocycles. The third kappa shape index (κ3) is 4.96. The first-order valence-corrected chi connectivity index (χ1v) is 13.6. The summed E-state index contributed by atoms with van der Waals surface area (Å²) < 4.78 is 8.14. The van der Waals surface area contributed by atoms with E-state index >= 15 is 0 Å². The number of nitrogen functional groups attached to an aromatic ring is 1. The van der Waals surface area contributed by atoms with E-state index in [2.05, 4.69) is 21.5 Å². The zero-order valence-electron chi connectivity index (χ0n) is 22.9. The smallest absolute Gasteiger partial charge is 0.409 e. The largest absolute Gasteiger partial charge is 0.453 e. The number of likely N-dealkylation sites (tertiary alicyclic amines) is 1. The van der Waals surface area contributed by atoms with E-state index in [1.807, 2.05) is 47.0 Å². The Morgan fingerprint density at radius 3 is 2.45 bits per heavy atom. The van der Waals surface area contributed by atoms with Gasteiger partial charge in [-0.1, -0.05) is 30.3 Å². The summed E-state index contributed by atoms with van der Waals surface area (Å²) in [7, 11) is 1.39. The predicted octanol–water partition coefficient (Wildman–Crippen LogP) is 4.33. The molecule has 11 heteroatoms. The van der Waals surface area contributed by atoms with Crippen LogP contribution < -0.4 is 16.6 Å². The van der Waals surface area contributed by atoms with Crippen LogP contribution in [0.3, 0.4) is 0 Å². The van der Waals surface area contributed by atoms with Crippen molar-refractivity contribution >= 4 is 29.0 Å². The molecule has 0 radical (unpaired) electrons. The maximum Gasteiger partial charge on any atom is 0.409 e. The van der Waals surface area contributed by atoms with Gasteiger partial charge in [0, 0.05) is 47.8 Å². The fraction of sp³-hybridized carbons (Fsp3) is 0.194. The van der Waals surface area contributed by atoms with Crippen LogP contribution in [0.15, 0.2) is 90.1 Å². The lowest BCUT2D eigenvalue weighted by molar-refractivity contribution is 0.102. The summed E-state index contributed by atoms with van der Waals surface area (Å²) >= 11 is 0. The highest BCUT2D eigenvalue weighted by atomic mass is 16.5. The maximum atomic E-state index is 13.1. The van der Waals surface area contributed by atoms with E-state index in [0.29, 0.717) is 35.8 Å². The number of methoxy groups -OCH3 is 1. The number of anilines is 2. The quantitative estimate of drug-likeness (QED) is 0.325. The number of fused-ring (bicyclic) bond motifs is 1. The number of piperidine rings is 1. The minimum Gasteiger partial charge on any atom is -0.453 e. The second-order valence-corrected chi connectivity index (χ2v) is 10.1. The summed E-state index contributed by atoms with van der Waals surface area (Å²) in [4.78, 5) is 44.0. The van der Waals surface area contributed by atoms with E-state index in [0.717, 1.165) is 29.7 Å². The monoisotopic (exact) mass is 563 g/mol. The second-order valence-electron chi connectivity index (χ2n) is 10.1. The van der Waals surface area contributed by atoms with Gasteiger partial charge in [0.2, 0.25) is 0 Å². The average Bonchev–Trinajstić information content (AvgIpc) is 3.42. The number of carbonyl (C=O) groups is 2. The number of amides is 2. The zero-order chi connectivity index (χ0) is 29.2. The van der Waals surface area contributed by atoms with Gasteiger partial charge in [-0.05, 0) is 60.9 Å². The van der Waals surface area contributed by atoms with Crippen molar-refractivity contribution in [1.82, 2.24) is 24.1 Å². The molecule has 5 aromatic rings. The van der Waals surface area contributed by atoms with Crippen LogP contribution in [0.5, 0.6) is 0 Å². The highest BCUT2D eigenvalue weighted by molar-refractivity contribution is 6.04. The van der Waals surface area contributed by atoms with Gasteiger partial charge in [0.1, 0.15) is 17.4 Å². The fourth-order valence-electron chi connectivity index (χ4n) is 5.48. The number of pyridine rings is 1. The molecule has 212 valence electrons. The highest BCUT2D eigenvalue weighted by Crippen LogP contribution is 2.37. The molecule has 1 aliphatic rings. The first-order valence-electron chi connectivity index (χ1n) is 13.6. The van der Waals surface area contributed by atoms with Gasteiger partial charge in [0.05, 0.1) is 7.11 Å². The predicted molar refractivity (Wildman–Crippen MR) is 159 cm³/mol. The molecule has 3 aromatic heterocycles. The van der Waals surface area contributed by atoms with Gasteiger partial charge in [-0.25, -0.2) is 14.3 Å². The minimum atomic E-state index is -0.495. The molecular weight excluding hydrogens is 534 g/mol. The van der Waals surface area contributed by atoms with Crippen molar-refractivity contribution in [2.75, 3.05) is 31.2 Å². The molecule has 0 aliphatic carbocycles. The standard InChI is InChI=1S/C31H29N7O4/c1-42-31(41)36-16-13-21(14-17-36)26-18-25(27-28(32)33-19-34-38(26)27)20-9-11-22(12-10-20)35-29(39)24-8-5-15-37(30(24)40)23-6-3-2-4-7-23/h2-12,15,18-19,21H,13-14,16-17H2,1H3,(H,35,39)(H2,32,33,34). The number of hydrogen-bond donors (Lipinski definition) is 2. The van der Waals surface area contributed by atoms with Gasteiger partial charge in [-0.2, -0.15) is 5.10 Å². The van der Waals surface area contributed by atoms with Gasteiger partial charge in [-0.15, -0.1) is 0 Å². The number of para-hydroxylation sites is 1. The molecule has 0 atom stereocenters. The van der Waals surface area contributed by atoms with Crippen molar-refractivity contribution in [3.63, 3.8) is 0 Å². The van der Waals surface area contributed by atoms with Crippen LogP contribution in [0.2, 0.25) is 0 Å². The summed E-state index contributed by atoms with van der Waals surface area (Å²) in [6.07, 6.45) is 4.29. The number of rotatable bonds is 5. The van der Waals surface area contributed by atoms with E-state index in [9.17, 15) is 14.4 Å². The molecule has 42 heavy (non-hydrogen) atoms. The van der Waals surface area contributed by atoms with Crippen molar-refractivity contribution in [2.45, 2.75) is 18.8 Å². The molecule has 2 aromatic carbocycles. The normalized spacial score (nSPS) is 13.7. The lowest BCUT2D eigenvalue weighted by atomic mass is 9.93. The Morgan fingerprint density at radius 1 is 1.00 bits per heavy atom. The molecule has 1 aliphatic heterocycles. The minimum absolute atomic E-state index is 0.0386. The van der Waals surface area contributed by atoms with Crippen molar-refractivity contribution in [3.8, 4) is 16.8 Å². The lowest BCUT2D eigenvalue weighted by Crippen LogP contribution is -2.38. The Morgan fingerprint density at radius 2 is 1.74 bits per heavy atom. The van der Waals surface area contributed by atoms with Gasteiger partial charge >= 0.3 is 6.09 Å². The van der Waals surface area contributed by atoms with Crippen molar-refractivity contribution in [1.29, 1.82) is 0 Å². The second kappa shape index (κ2) is 11.2. The number of nitrogens with zero attached hydrogens (tertiary/aromatic N) is 5. The average molecular weight is 564 g/mol. The zero-order valence-corrected chi connectivity index (χ0v) is 22.9. The molecular formula is C31H29N7O4. The molecule has 6 rings (SSSR count). The van der Waals surface area contributed by atoms with Gasteiger partial charge in [0.25, 0.3) is 11.5 Å². The van der Waals surface area contributed by atoms with Crippen molar-refractivity contribution in [2.24, 2.45) is 0 Å². The number of nitrogens with one attached hydrogen (secondary N) is 1. The van der Waals surface area contributed by atoms with Crippen molar-refractivity contribution < 1.29 is 14.3 Å². The Bertz CT molecular complexity index is 1820. The van der Waals surface area contributed by atoms with Gasteiger partial charge in [-0.3, -0.25) is 14.2 Å². The van der Waals surface area contributed by atoms with Crippen LogP contribution in [0.1, 0.15) is 34.8 Å². The molecule has 0 unspecified atom stereocenters. The Balaban J connectivity index is 1.25. The molecule has 0 saturated carbocycles. The number of ether oxygens (including phenoxy) is 1. The third-order valence-electron chi connectivity index (χ3n) is 7.64. The third-order valence-corrected chi connectivity index (χ3v) is 7.64. The molecule has 11 nitrogen and oxygen atoms in total. The van der Waals surface area contributed by atoms with Crippen LogP contribution in [0.4, 0.5) is 16.3 Å². The number of hydrogen-bond acceptors (Lipinski definition) is 7.